The van der Waals surface area contributed by atoms with Crippen LogP contribution in [0.1, 0.15) is 32.3 Å². The van der Waals surface area contributed by atoms with E-state index in [1.54, 1.807) is 6.07 Å². The average molecular weight is 433 g/mol. The summed E-state index contributed by atoms with van der Waals surface area (Å²) in [7, 11) is -9.17. The van der Waals surface area contributed by atoms with Crippen LogP contribution >= 0.6 is 0 Å². The van der Waals surface area contributed by atoms with Gasteiger partial charge in [0.05, 0.1) is 16.1 Å². The largest absolute Gasteiger partial charge is 0.296 e. The van der Waals surface area contributed by atoms with Gasteiger partial charge >= 0.3 is 0 Å². The van der Waals surface area contributed by atoms with E-state index in [0.29, 0.717) is 5.39 Å². The van der Waals surface area contributed by atoms with Crippen LogP contribution in [0.5, 0.6) is 0 Å². The van der Waals surface area contributed by atoms with Gasteiger partial charge in [0.15, 0.2) is 11.6 Å². The first kappa shape index (κ1) is 19.3. The Bertz CT molecular complexity index is 1440. The highest BCUT2D eigenvalue weighted by Crippen LogP contribution is 2.35. The van der Waals surface area contributed by atoms with Gasteiger partial charge in [-0.2, -0.15) is 16.8 Å². The van der Waals surface area contributed by atoms with E-state index in [1.165, 1.54) is 18.2 Å². The lowest BCUT2D eigenvalue weighted by Crippen LogP contribution is -2.15. The number of hydrogen-bond donors (Lipinski definition) is 2. The molecule has 0 spiro atoms. The van der Waals surface area contributed by atoms with E-state index >= 15 is 0 Å². The number of aromatic nitrogens is 1. The van der Waals surface area contributed by atoms with E-state index in [-0.39, 0.29) is 22.3 Å². The fourth-order valence-corrected chi connectivity index (χ4v) is 4.47. The number of Topliss-reactive ketones (excluding diaryl/α,β-unsaturated/α-hetero) is 2. The van der Waals surface area contributed by atoms with E-state index in [1.807, 2.05) is 0 Å². The standard InChI is InChI=1S/C18H11NO8S2/c20-17-11-6-5-10(28(22,23)24)8-12(11)18(21)15(17)13-7-4-9-2-1-3-14(16(9)19-13)29(25,26)27/h1-8,15H,(H,22,23,24)(H,25,26,27). The second kappa shape index (κ2) is 6.26. The molecule has 29 heavy (non-hydrogen) atoms. The third-order valence-electron chi connectivity index (χ3n) is 4.62. The van der Waals surface area contributed by atoms with Crippen LogP contribution in [0.25, 0.3) is 10.9 Å². The van der Waals surface area contributed by atoms with E-state index in [2.05, 4.69) is 4.98 Å². The summed E-state index contributed by atoms with van der Waals surface area (Å²) >= 11 is 0. The maximum absolute atomic E-state index is 12.8. The number of fused-ring (bicyclic) bond motifs is 2. The van der Waals surface area contributed by atoms with Crippen molar-refractivity contribution >= 4 is 42.7 Å². The highest BCUT2D eigenvalue weighted by molar-refractivity contribution is 7.86. The van der Waals surface area contributed by atoms with Gasteiger partial charge in [-0.25, -0.2) is 0 Å². The molecule has 0 radical (unpaired) electrons. The number of benzene rings is 2. The van der Waals surface area contributed by atoms with Crippen LogP contribution in [0.3, 0.4) is 0 Å². The molecule has 0 saturated heterocycles. The summed E-state index contributed by atoms with van der Waals surface area (Å²) < 4.78 is 64.4. The third-order valence-corrected chi connectivity index (χ3v) is 6.36. The summed E-state index contributed by atoms with van der Waals surface area (Å²) in [5.74, 6) is -2.77. The van der Waals surface area contributed by atoms with E-state index < -0.39 is 47.5 Å². The molecule has 0 fully saturated rings. The van der Waals surface area contributed by atoms with Gasteiger partial charge in [0.1, 0.15) is 10.8 Å². The van der Waals surface area contributed by atoms with Crippen molar-refractivity contribution in [3.05, 3.63) is 65.4 Å². The van der Waals surface area contributed by atoms with Crippen molar-refractivity contribution in [3.8, 4) is 0 Å². The summed E-state index contributed by atoms with van der Waals surface area (Å²) in [6.07, 6.45) is 0. The molecule has 11 heteroatoms. The van der Waals surface area contributed by atoms with Crippen LogP contribution in [0.15, 0.2) is 58.3 Å². The van der Waals surface area contributed by atoms with Gasteiger partial charge in [0.2, 0.25) is 0 Å². The molecule has 2 aromatic carbocycles. The van der Waals surface area contributed by atoms with Crippen molar-refractivity contribution in [2.45, 2.75) is 15.7 Å². The smallest absolute Gasteiger partial charge is 0.293 e. The van der Waals surface area contributed by atoms with Gasteiger partial charge in [-0.05, 0) is 30.3 Å². The van der Waals surface area contributed by atoms with Crippen LogP contribution in [0, 0.1) is 0 Å². The molecule has 1 aliphatic carbocycles. The average Bonchev–Trinajstić information content (AvgIpc) is 2.89. The van der Waals surface area contributed by atoms with Crippen molar-refractivity contribution in [3.63, 3.8) is 0 Å². The van der Waals surface area contributed by atoms with Gasteiger partial charge in [0, 0.05) is 16.5 Å². The fraction of sp³-hybridized carbons (Fsp3) is 0.0556. The molecule has 2 N–H and O–H groups in total. The second-order valence-corrected chi connectivity index (χ2v) is 9.19. The molecule has 1 unspecified atom stereocenters. The van der Waals surface area contributed by atoms with Gasteiger partial charge in [-0.1, -0.05) is 18.2 Å². The zero-order valence-electron chi connectivity index (χ0n) is 14.3. The predicted molar refractivity (Wildman–Crippen MR) is 99.2 cm³/mol. The number of hydrogen-bond acceptors (Lipinski definition) is 7. The van der Waals surface area contributed by atoms with E-state index in [4.69, 9.17) is 4.55 Å². The molecule has 1 aromatic heterocycles. The van der Waals surface area contributed by atoms with Gasteiger partial charge in [-0.15, -0.1) is 0 Å². The summed E-state index contributed by atoms with van der Waals surface area (Å²) in [6, 6.07) is 9.98. The minimum atomic E-state index is -4.60. The van der Waals surface area contributed by atoms with Crippen LogP contribution in [-0.2, 0) is 20.2 Å². The minimum absolute atomic E-state index is 0.0302. The van der Waals surface area contributed by atoms with Crippen LogP contribution in [0.4, 0.5) is 0 Å². The molecule has 0 bridgehead atoms. The molecule has 4 rings (SSSR count). The maximum Gasteiger partial charge on any atom is 0.296 e. The topological polar surface area (TPSA) is 156 Å². The van der Waals surface area contributed by atoms with Crippen LogP contribution in [0.2, 0.25) is 0 Å². The van der Waals surface area contributed by atoms with Crippen LogP contribution < -0.4 is 0 Å². The molecule has 0 aliphatic heterocycles. The number of carbonyl (C=O) groups excluding carboxylic acids is 2. The summed E-state index contributed by atoms with van der Waals surface area (Å²) in [4.78, 5) is 28.7. The lowest BCUT2D eigenvalue weighted by atomic mass is 9.98. The van der Waals surface area contributed by atoms with E-state index in [9.17, 15) is 31.0 Å². The zero-order valence-corrected chi connectivity index (χ0v) is 15.9. The monoisotopic (exact) mass is 433 g/mol. The number of ketones is 2. The Balaban J connectivity index is 1.88. The molecule has 3 aromatic rings. The second-order valence-electron chi connectivity index (χ2n) is 6.38. The minimum Gasteiger partial charge on any atom is -0.293 e. The maximum atomic E-state index is 12.8. The first-order chi connectivity index (χ1) is 13.5. The summed E-state index contributed by atoms with van der Waals surface area (Å²) in [5, 5.41) is 0.368. The van der Waals surface area contributed by atoms with Crippen LogP contribution in [-0.4, -0.2) is 42.5 Å². The number of nitrogens with zero attached hydrogens (tertiary/aromatic N) is 1. The highest BCUT2D eigenvalue weighted by atomic mass is 32.2. The molecular weight excluding hydrogens is 422 g/mol. The molecule has 0 amide bonds. The molecule has 1 atom stereocenters. The lowest BCUT2D eigenvalue weighted by molar-refractivity contribution is 0.0888. The first-order valence-corrected chi connectivity index (χ1v) is 10.9. The van der Waals surface area contributed by atoms with E-state index in [0.717, 1.165) is 24.3 Å². The summed E-state index contributed by atoms with van der Waals surface area (Å²) in [6.45, 7) is 0. The molecule has 148 valence electrons. The van der Waals surface area contributed by atoms with Crippen molar-refractivity contribution in [1.29, 1.82) is 0 Å². The van der Waals surface area contributed by atoms with Crippen molar-refractivity contribution in [1.82, 2.24) is 4.98 Å². The van der Waals surface area contributed by atoms with Gasteiger partial charge < -0.3 is 0 Å². The SMILES string of the molecule is O=C1c2ccc(S(=O)(=O)O)cc2C(=O)C1c1ccc2cccc(S(=O)(=O)O)c2n1. The van der Waals surface area contributed by atoms with Gasteiger partial charge in [0.25, 0.3) is 20.2 Å². The Morgan fingerprint density at radius 2 is 1.48 bits per heavy atom. The normalized spacial score (nSPS) is 17.0. The van der Waals surface area contributed by atoms with Crippen molar-refractivity contribution in [2.24, 2.45) is 0 Å². The lowest BCUT2D eigenvalue weighted by Gasteiger charge is -2.09. The predicted octanol–water partition coefficient (Wildman–Crippen LogP) is 1.89. The number of rotatable bonds is 3. The van der Waals surface area contributed by atoms with Crippen molar-refractivity contribution < 1.29 is 35.5 Å². The molecule has 0 saturated carbocycles. The van der Waals surface area contributed by atoms with Crippen molar-refractivity contribution in [2.75, 3.05) is 0 Å². The molecular formula is C18H11NO8S2. The number of para-hydroxylation sites is 1. The van der Waals surface area contributed by atoms with Gasteiger partial charge in [-0.3, -0.25) is 23.7 Å². The fourth-order valence-electron chi connectivity index (χ4n) is 3.31. The Hall–Kier alpha value is -2.99. The Kier molecular flexibility index (Phi) is 4.17. The number of pyridine rings is 1. The zero-order chi connectivity index (χ0) is 21.1. The molecule has 9 nitrogen and oxygen atoms in total. The third kappa shape index (κ3) is 3.13. The molecule has 1 heterocycles. The quantitative estimate of drug-likeness (QED) is 0.465. The first-order valence-electron chi connectivity index (χ1n) is 8.05. The summed E-state index contributed by atoms with van der Waals surface area (Å²) in [5.41, 5.74) is -0.367. The Labute approximate surface area is 164 Å². The highest BCUT2D eigenvalue weighted by Gasteiger charge is 2.41. The molecule has 1 aliphatic rings. The Morgan fingerprint density at radius 1 is 0.793 bits per heavy atom. The Morgan fingerprint density at radius 3 is 2.14 bits per heavy atom. The number of carbonyl (C=O) groups is 2.